The number of nitrogens with one attached hydrogen (secondary N) is 2. The summed E-state index contributed by atoms with van der Waals surface area (Å²) in [6.45, 7) is 8.22. The molecule has 20 heavy (non-hydrogen) atoms. The normalized spacial score (nSPS) is 11.6. The molecule has 0 saturated carbocycles. The lowest BCUT2D eigenvalue weighted by atomic mass is 9.93. The van der Waals surface area contributed by atoms with Crippen LogP contribution >= 0.6 is 23.8 Å². The van der Waals surface area contributed by atoms with Gasteiger partial charge in [-0.1, -0.05) is 31.5 Å². The van der Waals surface area contributed by atoms with Crippen LogP contribution in [0.2, 0.25) is 5.02 Å². The summed E-state index contributed by atoms with van der Waals surface area (Å²) < 4.78 is 0. The van der Waals surface area contributed by atoms with Crippen molar-refractivity contribution >= 4 is 34.6 Å². The summed E-state index contributed by atoms with van der Waals surface area (Å²) in [5.41, 5.74) is 2.12. The van der Waals surface area contributed by atoms with E-state index in [1.54, 1.807) is 0 Å². The Balaban J connectivity index is 2.49. The molecule has 0 amide bonds. The molecule has 0 radical (unpaired) electrons. The average Bonchev–Trinajstić information content (AvgIpc) is 2.30. The molecule has 1 aromatic rings. The zero-order chi connectivity index (χ0) is 15.3. The lowest BCUT2D eigenvalue weighted by Gasteiger charge is -2.29. The van der Waals surface area contributed by atoms with Gasteiger partial charge < -0.3 is 15.5 Å². The second-order valence-electron chi connectivity index (χ2n) is 6.17. The van der Waals surface area contributed by atoms with Crippen LogP contribution < -0.4 is 10.6 Å². The third-order valence-electron chi connectivity index (χ3n) is 2.90. The Morgan fingerprint density at radius 2 is 2.00 bits per heavy atom. The van der Waals surface area contributed by atoms with E-state index in [9.17, 15) is 0 Å². The molecular weight excluding hydrogens is 290 g/mol. The van der Waals surface area contributed by atoms with Gasteiger partial charge in [0.15, 0.2) is 5.11 Å². The van der Waals surface area contributed by atoms with E-state index in [0.717, 1.165) is 29.4 Å². The van der Waals surface area contributed by atoms with Crippen LogP contribution in [-0.4, -0.2) is 37.2 Å². The van der Waals surface area contributed by atoms with Crippen LogP contribution in [0.1, 0.15) is 19.4 Å². The van der Waals surface area contributed by atoms with Crippen LogP contribution in [-0.2, 0) is 0 Å². The molecule has 0 unspecified atom stereocenters. The summed E-state index contributed by atoms with van der Waals surface area (Å²) in [6.07, 6.45) is 0. The number of thiocarbonyl (C=S) groups is 1. The lowest BCUT2D eigenvalue weighted by Crippen LogP contribution is -2.41. The summed E-state index contributed by atoms with van der Waals surface area (Å²) in [4.78, 5) is 2.18. The molecule has 0 heterocycles. The van der Waals surface area contributed by atoms with Crippen molar-refractivity contribution in [2.45, 2.75) is 20.8 Å². The van der Waals surface area contributed by atoms with Gasteiger partial charge in [-0.05, 0) is 56.3 Å². The van der Waals surface area contributed by atoms with E-state index in [1.807, 2.05) is 25.1 Å². The number of nitrogens with zero attached hydrogens (tertiary/aromatic N) is 1. The molecule has 0 aromatic heterocycles. The quantitative estimate of drug-likeness (QED) is 0.813. The monoisotopic (exact) mass is 313 g/mol. The minimum atomic E-state index is 0.153. The maximum atomic E-state index is 6.10. The molecule has 0 aliphatic heterocycles. The topological polar surface area (TPSA) is 27.3 Å². The molecular formula is C15H24ClN3S. The molecule has 0 fully saturated rings. The fourth-order valence-corrected chi connectivity index (χ4v) is 2.45. The Labute approximate surface area is 132 Å². The molecule has 0 atom stereocenters. The van der Waals surface area contributed by atoms with Crippen LogP contribution in [0.25, 0.3) is 0 Å². The predicted molar refractivity (Wildman–Crippen MR) is 92.7 cm³/mol. The van der Waals surface area contributed by atoms with Crippen LogP contribution in [0.5, 0.6) is 0 Å². The van der Waals surface area contributed by atoms with Gasteiger partial charge in [0.2, 0.25) is 0 Å². The van der Waals surface area contributed by atoms with E-state index in [-0.39, 0.29) is 5.41 Å². The van der Waals surface area contributed by atoms with Crippen molar-refractivity contribution in [2.24, 2.45) is 5.41 Å². The number of rotatable bonds is 5. The van der Waals surface area contributed by atoms with Gasteiger partial charge in [-0.25, -0.2) is 0 Å². The van der Waals surface area contributed by atoms with Crippen molar-refractivity contribution in [2.75, 3.05) is 32.5 Å². The van der Waals surface area contributed by atoms with Crippen LogP contribution in [0.15, 0.2) is 18.2 Å². The molecule has 112 valence electrons. The number of hydrogen-bond donors (Lipinski definition) is 2. The van der Waals surface area contributed by atoms with Gasteiger partial charge in [0.05, 0.1) is 0 Å². The number of anilines is 1. The minimum Gasteiger partial charge on any atom is -0.362 e. The zero-order valence-electron chi connectivity index (χ0n) is 12.9. The molecule has 0 spiro atoms. The summed E-state index contributed by atoms with van der Waals surface area (Å²) in [6, 6.07) is 5.83. The van der Waals surface area contributed by atoms with E-state index in [4.69, 9.17) is 23.8 Å². The number of benzene rings is 1. The van der Waals surface area contributed by atoms with Gasteiger partial charge in [0.25, 0.3) is 0 Å². The van der Waals surface area contributed by atoms with Crippen molar-refractivity contribution in [3.63, 3.8) is 0 Å². The SMILES string of the molecule is Cc1ccc(NC(=S)NCC(C)(C)CN(C)C)cc1Cl. The Bertz CT molecular complexity index is 472. The largest absolute Gasteiger partial charge is 0.362 e. The van der Waals surface area contributed by atoms with Gasteiger partial charge in [0, 0.05) is 23.8 Å². The first-order valence-electron chi connectivity index (χ1n) is 6.65. The molecule has 0 aliphatic rings. The number of halogens is 1. The number of aryl methyl sites for hydroxylation is 1. The number of hydrogen-bond acceptors (Lipinski definition) is 2. The summed E-state index contributed by atoms with van der Waals surface area (Å²) in [5.74, 6) is 0. The minimum absolute atomic E-state index is 0.153. The molecule has 0 bridgehead atoms. The standard InChI is InChI=1S/C15H24ClN3S/c1-11-6-7-12(8-13(11)16)18-14(20)17-9-15(2,3)10-19(4)5/h6-8H,9-10H2,1-5H3,(H2,17,18,20). The third-order valence-corrected chi connectivity index (χ3v) is 3.56. The predicted octanol–water partition coefficient (Wildman–Crippen LogP) is 3.52. The maximum absolute atomic E-state index is 6.10. The van der Waals surface area contributed by atoms with Gasteiger partial charge in [0.1, 0.15) is 0 Å². The second kappa shape index (κ2) is 7.25. The first-order chi connectivity index (χ1) is 9.19. The van der Waals surface area contributed by atoms with E-state index >= 15 is 0 Å². The summed E-state index contributed by atoms with van der Waals surface area (Å²) in [7, 11) is 4.15. The van der Waals surface area contributed by atoms with Gasteiger partial charge in [-0.3, -0.25) is 0 Å². The smallest absolute Gasteiger partial charge is 0.170 e. The maximum Gasteiger partial charge on any atom is 0.170 e. The van der Waals surface area contributed by atoms with E-state index < -0.39 is 0 Å². The van der Waals surface area contributed by atoms with Crippen molar-refractivity contribution in [3.8, 4) is 0 Å². The molecule has 0 aliphatic carbocycles. The van der Waals surface area contributed by atoms with Gasteiger partial charge in [-0.15, -0.1) is 0 Å². The summed E-state index contributed by atoms with van der Waals surface area (Å²) in [5, 5.41) is 7.78. The molecule has 0 saturated heterocycles. The van der Waals surface area contributed by atoms with Gasteiger partial charge in [-0.2, -0.15) is 0 Å². The van der Waals surface area contributed by atoms with E-state index in [1.165, 1.54) is 0 Å². The molecule has 5 heteroatoms. The lowest BCUT2D eigenvalue weighted by molar-refractivity contribution is 0.242. The Morgan fingerprint density at radius 3 is 2.55 bits per heavy atom. The van der Waals surface area contributed by atoms with Crippen molar-refractivity contribution in [1.82, 2.24) is 10.2 Å². The van der Waals surface area contributed by atoms with Crippen molar-refractivity contribution in [3.05, 3.63) is 28.8 Å². The van der Waals surface area contributed by atoms with Crippen LogP contribution in [0, 0.1) is 12.3 Å². The molecule has 2 N–H and O–H groups in total. The zero-order valence-corrected chi connectivity index (χ0v) is 14.5. The fraction of sp³-hybridized carbons (Fsp3) is 0.533. The highest BCUT2D eigenvalue weighted by Gasteiger charge is 2.18. The van der Waals surface area contributed by atoms with Crippen molar-refractivity contribution in [1.29, 1.82) is 0 Å². The molecule has 1 aromatic carbocycles. The summed E-state index contributed by atoms with van der Waals surface area (Å²) >= 11 is 11.4. The first-order valence-corrected chi connectivity index (χ1v) is 7.44. The van der Waals surface area contributed by atoms with Crippen LogP contribution in [0.3, 0.4) is 0 Å². The Morgan fingerprint density at radius 1 is 1.35 bits per heavy atom. The third kappa shape index (κ3) is 6.07. The Hall–Kier alpha value is -0.840. The van der Waals surface area contributed by atoms with Crippen LogP contribution in [0.4, 0.5) is 5.69 Å². The average molecular weight is 314 g/mol. The second-order valence-corrected chi connectivity index (χ2v) is 6.99. The highest BCUT2D eigenvalue weighted by molar-refractivity contribution is 7.80. The van der Waals surface area contributed by atoms with E-state index in [0.29, 0.717) is 5.11 Å². The first kappa shape index (κ1) is 17.2. The fourth-order valence-electron chi connectivity index (χ4n) is 2.08. The van der Waals surface area contributed by atoms with Crippen molar-refractivity contribution < 1.29 is 0 Å². The Kier molecular flexibility index (Phi) is 6.24. The highest BCUT2D eigenvalue weighted by atomic mass is 35.5. The highest BCUT2D eigenvalue weighted by Crippen LogP contribution is 2.20. The van der Waals surface area contributed by atoms with E-state index in [2.05, 4.69) is 43.5 Å². The van der Waals surface area contributed by atoms with Gasteiger partial charge >= 0.3 is 0 Å². The molecule has 1 rings (SSSR count). The molecule has 3 nitrogen and oxygen atoms in total.